The molecule has 1 aromatic carbocycles. The minimum Gasteiger partial charge on any atom is -0.369 e. The van der Waals surface area contributed by atoms with Crippen LogP contribution in [0, 0.1) is 23.2 Å². The molecule has 4 fully saturated rings. The molecule has 0 saturated heterocycles. The second-order valence-corrected chi connectivity index (χ2v) is 12.2. The molecule has 0 radical (unpaired) electrons. The number of nitrogens with two attached hydrogens (primary N) is 1. The van der Waals surface area contributed by atoms with E-state index in [1.165, 1.54) is 24.3 Å². The molecule has 35 heavy (non-hydrogen) atoms. The van der Waals surface area contributed by atoms with Gasteiger partial charge in [0, 0.05) is 11.6 Å². The minimum absolute atomic E-state index is 0.137. The van der Waals surface area contributed by atoms with Crippen molar-refractivity contribution in [2.24, 2.45) is 28.9 Å². The Morgan fingerprint density at radius 3 is 2.23 bits per heavy atom. The van der Waals surface area contributed by atoms with Gasteiger partial charge in [0.05, 0.1) is 10.3 Å². The standard InChI is InChI=1S/C24H26F3N3O4S/c25-18-7-17(24(27,12-19(18)26)30-35(33,34)16-4-2-1-3-5-16)20(31)29-23-10-14-6-15(11-23)9-22(8-14,13-23)21(28)32/h1-5,7,12,14-15,17,30H,6,8-11,13H2,(H2,28,32)(H,29,31). The molecular formula is C24H26F3N3O4S. The van der Waals surface area contributed by atoms with Gasteiger partial charge in [0.1, 0.15) is 5.92 Å². The molecule has 1 aromatic rings. The first kappa shape index (κ1) is 24.1. The van der Waals surface area contributed by atoms with E-state index in [0.717, 1.165) is 6.42 Å². The molecule has 11 heteroatoms. The summed E-state index contributed by atoms with van der Waals surface area (Å²) in [5, 5.41) is 2.81. The van der Waals surface area contributed by atoms with Crippen LogP contribution in [-0.2, 0) is 19.6 Å². The van der Waals surface area contributed by atoms with Crippen LogP contribution in [0.2, 0.25) is 0 Å². The van der Waals surface area contributed by atoms with Crippen molar-refractivity contribution < 1.29 is 31.2 Å². The van der Waals surface area contributed by atoms with E-state index in [1.54, 1.807) is 10.8 Å². The molecule has 4 atom stereocenters. The number of carbonyl (C=O) groups is 2. The van der Waals surface area contributed by atoms with Crippen molar-refractivity contribution in [1.82, 2.24) is 10.0 Å². The molecule has 4 saturated carbocycles. The molecule has 5 aliphatic rings. The Bertz CT molecular complexity index is 1240. The predicted octanol–water partition coefficient (Wildman–Crippen LogP) is 2.91. The molecule has 4 unspecified atom stereocenters. The van der Waals surface area contributed by atoms with E-state index in [9.17, 15) is 26.8 Å². The van der Waals surface area contributed by atoms with Crippen molar-refractivity contribution in [3.8, 4) is 0 Å². The number of allylic oxidation sites excluding steroid dienone is 2. The number of primary amides is 1. The van der Waals surface area contributed by atoms with Gasteiger partial charge < -0.3 is 11.1 Å². The number of benzene rings is 1. The largest absolute Gasteiger partial charge is 0.369 e. The summed E-state index contributed by atoms with van der Waals surface area (Å²) in [5.41, 5.74) is 4.12. The highest BCUT2D eigenvalue weighted by Gasteiger charge is 2.61. The summed E-state index contributed by atoms with van der Waals surface area (Å²) in [6, 6.07) is 6.81. The van der Waals surface area contributed by atoms with Crippen molar-refractivity contribution in [2.45, 2.75) is 54.8 Å². The zero-order valence-electron chi connectivity index (χ0n) is 18.8. The van der Waals surface area contributed by atoms with E-state index in [4.69, 9.17) is 5.73 Å². The molecule has 0 heterocycles. The number of hydrogen-bond acceptors (Lipinski definition) is 4. The molecule has 0 aliphatic heterocycles. The molecular weight excluding hydrogens is 483 g/mol. The minimum atomic E-state index is -4.53. The first-order valence-electron chi connectivity index (χ1n) is 11.5. The summed E-state index contributed by atoms with van der Waals surface area (Å²) >= 11 is 0. The maximum atomic E-state index is 16.1. The van der Waals surface area contributed by atoms with Gasteiger partial charge in [-0.15, -0.1) is 0 Å². The molecule has 4 N–H and O–H groups in total. The molecule has 2 amide bonds. The monoisotopic (exact) mass is 509 g/mol. The third kappa shape index (κ3) is 4.08. The van der Waals surface area contributed by atoms with Crippen LogP contribution in [0.15, 0.2) is 59.0 Å². The smallest absolute Gasteiger partial charge is 0.243 e. The highest BCUT2D eigenvalue weighted by molar-refractivity contribution is 7.89. The van der Waals surface area contributed by atoms with Crippen molar-refractivity contribution in [2.75, 3.05) is 0 Å². The van der Waals surface area contributed by atoms with E-state index >= 15 is 4.39 Å². The highest BCUT2D eigenvalue weighted by atomic mass is 32.2. The molecule has 6 rings (SSSR count). The maximum absolute atomic E-state index is 16.1. The highest BCUT2D eigenvalue weighted by Crippen LogP contribution is 2.61. The van der Waals surface area contributed by atoms with Gasteiger partial charge in [-0.25, -0.2) is 21.6 Å². The lowest BCUT2D eigenvalue weighted by molar-refractivity contribution is -0.152. The Hall–Kier alpha value is -2.66. The van der Waals surface area contributed by atoms with Crippen LogP contribution in [0.1, 0.15) is 38.5 Å². The quantitative estimate of drug-likeness (QED) is 0.511. The van der Waals surface area contributed by atoms with Gasteiger partial charge in [-0.3, -0.25) is 9.59 Å². The van der Waals surface area contributed by atoms with Crippen molar-refractivity contribution in [3.63, 3.8) is 0 Å². The zero-order valence-corrected chi connectivity index (χ0v) is 19.6. The summed E-state index contributed by atoms with van der Waals surface area (Å²) in [6.07, 6.45) is 4.15. The lowest BCUT2D eigenvalue weighted by Gasteiger charge is -2.61. The maximum Gasteiger partial charge on any atom is 0.243 e. The number of nitrogens with one attached hydrogen (secondary N) is 2. The summed E-state index contributed by atoms with van der Waals surface area (Å²) in [6.45, 7) is 0. The molecule has 4 bridgehead atoms. The number of rotatable bonds is 6. The number of carbonyl (C=O) groups excluding carboxylic acids is 2. The number of halogens is 3. The number of sulfonamides is 1. The average Bonchev–Trinajstić information content (AvgIpc) is 2.75. The molecule has 0 spiro atoms. The van der Waals surface area contributed by atoms with Crippen LogP contribution in [0.5, 0.6) is 0 Å². The van der Waals surface area contributed by atoms with Crippen LogP contribution in [-0.4, -0.2) is 31.6 Å². The molecule has 188 valence electrons. The third-order valence-corrected chi connectivity index (χ3v) is 9.40. The summed E-state index contributed by atoms with van der Waals surface area (Å²) in [7, 11) is -4.53. The fraction of sp³-hybridized carbons (Fsp3) is 0.500. The van der Waals surface area contributed by atoms with E-state index in [0.29, 0.717) is 31.8 Å². The lowest BCUT2D eigenvalue weighted by atomic mass is 9.46. The number of alkyl halides is 1. The van der Waals surface area contributed by atoms with Crippen LogP contribution >= 0.6 is 0 Å². The number of amides is 2. The van der Waals surface area contributed by atoms with Gasteiger partial charge in [-0.2, -0.15) is 4.72 Å². The average molecular weight is 510 g/mol. The first-order valence-corrected chi connectivity index (χ1v) is 13.0. The SMILES string of the molecule is NC(=O)C12CC3CC(CC(NC(=O)C4C=C(F)C(F)=CC4(F)NS(=O)(=O)c4ccccc4)(C3)C1)C2. The zero-order chi connectivity index (χ0) is 25.2. The van der Waals surface area contributed by atoms with Crippen molar-refractivity contribution in [1.29, 1.82) is 0 Å². The van der Waals surface area contributed by atoms with Crippen LogP contribution in [0.4, 0.5) is 13.2 Å². The third-order valence-electron chi connectivity index (χ3n) is 7.93. The topological polar surface area (TPSA) is 118 Å². The summed E-state index contributed by atoms with van der Waals surface area (Å²) < 4.78 is 71.7. The first-order chi connectivity index (χ1) is 16.4. The normalized spacial score (nSPS) is 38.0. The second-order valence-electron chi connectivity index (χ2n) is 10.5. The van der Waals surface area contributed by atoms with Crippen molar-refractivity contribution in [3.05, 3.63) is 54.1 Å². The van der Waals surface area contributed by atoms with Gasteiger partial charge in [0.2, 0.25) is 27.6 Å². The predicted molar refractivity (Wildman–Crippen MR) is 120 cm³/mol. The number of hydrogen-bond donors (Lipinski definition) is 3. The van der Waals surface area contributed by atoms with Gasteiger partial charge >= 0.3 is 0 Å². The molecule has 5 aliphatic carbocycles. The fourth-order valence-corrected chi connectivity index (χ4v) is 8.18. The Morgan fingerprint density at radius 2 is 1.63 bits per heavy atom. The Kier molecular flexibility index (Phi) is 5.45. The summed E-state index contributed by atoms with van der Waals surface area (Å²) in [5.74, 6) is -9.47. The van der Waals surface area contributed by atoms with Crippen LogP contribution in [0.3, 0.4) is 0 Å². The van der Waals surface area contributed by atoms with Gasteiger partial charge in [0.25, 0.3) is 0 Å². The summed E-state index contributed by atoms with van der Waals surface area (Å²) in [4.78, 5) is 25.4. The Morgan fingerprint density at radius 1 is 1.00 bits per heavy atom. The second kappa shape index (κ2) is 7.92. The van der Waals surface area contributed by atoms with Gasteiger partial charge in [-0.05, 0) is 68.6 Å². The van der Waals surface area contributed by atoms with E-state index in [1.807, 2.05) is 0 Å². The van der Waals surface area contributed by atoms with Gasteiger partial charge in [-0.1, -0.05) is 18.2 Å². The van der Waals surface area contributed by atoms with E-state index in [-0.39, 0.29) is 29.2 Å². The molecule has 7 nitrogen and oxygen atoms in total. The van der Waals surface area contributed by atoms with E-state index in [2.05, 4.69) is 5.32 Å². The Balaban J connectivity index is 1.45. The molecule has 0 aromatic heterocycles. The van der Waals surface area contributed by atoms with E-state index < -0.39 is 56.2 Å². The Labute approximate surface area is 201 Å². The van der Waals surface area contributed by atoms with Crippen LogP contribution in [0.25, 0.3) is 0 Å². The lowest BCUT2D eigenvalue weighted by Crippen LogP contribution is -2.67. The van der Waals surface area contributed by atoms with Gasteiger partial charge in [0.15, 0.2) is 11.7 Å². The van der Waals surface area contributed by atoms with Crippen LogP contribution < -0.4 is 15.8 Å². The fourth-order valence-electron chi connectivity index (χ4n) is 6.95. The van der Waals surface area contributed by atoms with Crippen molar-refractivity contribution >= 4 is 21.8 Å².